The van der Waals surface area contributed by atoms with Gasteiger partial charge in [-0.3, -0.25) is 14.5 Å². The van der Waals surface area contributed by atoms with Gasteiger partial charge in [0.15, 0.2) is 0 Å². The lowest BCUT2D eigenvalue weighted by Crippen LogP contribution is -2.43. The topological polar surface area (TPSA) is 94.2 Å². The van der Waals surface area contributed by atoms with E-state index in [0.717, 1.165) is 0 Å². The van der Waals surface area contributed by atoms with Crippen molar-refractivity contribution < 1.29 is 28.6 Å². The largest absolute Gasteiger partial charge is 0.495 e. The van der Waals surface area contributed by atoms with E-state index in [9.17, 15) is 14.4 Å². The predicted octanol–water partition coefficient (Wildman–Crippen LogP) is 3.16. The number of hydrogen-bond donors (Lipinski definition) is 1. The summed E-state index contributed by atoms with van der Waals surface area (Å²) in [5, 5.41) is 3.06. The van der Waals surface area contributed by atoms with Gasteiger partial charge in [-0.05, 0) is 18.6 Å². The van der Waals surface area contributed by atoms with Gasteiger partial charge in [0.2, 0.25) is 18.0 Å². The first-order valence-electron chi connectivity index (χ1n) is 9.28. The number of ether oxygens (including phenoxy) is 3. The first kappa shape index (κ1) is 20.0. The Morgan fingerprint density at radius 2 is 1.90 bits per heavy atom. The van der Waals surface area contributed by atoms with Crippen LogP contribution in [0.4, 0.5) is 5.69 Å². The van der Waals surface area contributed by atoms with Gasteiger partial charge in [0.25, 0.3) is 0 Å². The molecule has 0 saturated carbocycles. The minimum atomic E-state index is -0.930. The van der Waals surface area contributed by atoms with Gasteiger partial charge in [0, 0.05) is 18.1 Å². The van der Waals surface area contributed by atoms with Crippen LogP contribution in [-0.2, 0) is 14.3 Å². The Hall–Kier alpha value is -3.26. The fourth-order valence-corrected chi connectivity index (χ4v) is 4.00. The van der Waals surface area contributed by atoms with Crippen molar-refractivity contribution in [2.75, 3.05) is 19.5 Å². The van der Waals surface area contributed by atoms with E-state index >= 15 is 0 Å². The molecule has 30 heavy (non-hydrogen) atoms. The molecular weight excluding hydrogens is 412 g/mol. The van der Waals surface area contributed by atoms with E-state index in [2.05, 4.69) is 5.32 Å². The molecule has 0 spiro atoms. The Morgan fingerprint density at radius 3 is 2.63 bits per heavy atom. The molecule has 0 aromatic heterocycles. The number of nitrogens with one attached hydrogen (secondary N) is 1. The third-order valence-corrected chi connectivity index (χ3v) is 5.50. The molecule has 9 heteroatoms. The number of carbonyl (C=O) groups excluding carboxylic acids is 3. The van der Waals surface area contributed by atoms with Gasteiger partial charge in [-0.25, -0.2) is 4.79 Å². The number of esters is 1. The molecule has 0 bridgehead atoms. The molecule has 8 nitrogen and oxygen atoms in total. The summed E-state index contributed by atoms with van der Waals surface area (Å²) in [5.41, 5.74) is 1.31. The van der Waals surface area contributed by atoms with E-state index in [1.54, 1.807) is 30.3 Å². The second-order valence-electron chi connectivity index (χ2n) is 6.88. The van der Waals surface area contributed by atoms with Crippen LogP contribution in [0.1, 0.15) is 35.0 Å². The zero-order chi connectivity index (χ0) is 21.4. The van der Waals surface area contributed by atoms with Gasteiger partial charge in [0.05, 0.1) is 30.5 Å². The molecule has 2 aromatic rings. The SMILES string of the molecule is COc1cc(OC)c(NC(=O)[C@H]2CCC(=O)N2[C@@H]2OC(=O)c3ccccc32)cc1Cl. The molecule has 2 atom stereocenters. The summed E-state index contributed by atoms with van der Waals surface area (Å²) >= 11 is 6.18. The van der Waals surface area contributed by atoms with Gasteiger partial charge in [-0.2, -0.15) is 0 Å². The van der Waals surface area contributed by atoms with E-state index in [1.807, 2.05) is 0 Å². The highest BCUT2D eigenvalue weighted by atomic mass is 35.5. The highest BCUT2D eigenvalue weighted by molar-refractivity contribution is 6.32. The van der Waals surface area contributed by atoms with Crippen molar-refractivity contribution in [3.8, 4) is 11.5 Å². The Kier molecular flexibility index (Phi) is 5.26. The number of cyclic esters (lactones) is 1. The van der Waals surface area contributed by atoms with Crippen LogP contribution in [0.25, 0.3) is 0 Å². The maximum atomic E-state index is 13.1. The van der Waals surface area contributed by atoms with Crippen molar-refractivity contribution >= 4 is 35.1 Å². The van der Waals surface area contributed by atoms with E-state index < -0.39 is 24.1 Å². The molecule has 2 aliphatic rings. The van der Waals surface area contributed by atoms with Crippen molar-refractivity contribution in [2.45, 2.75) is 25.1 Å². The van der Waals surface area contributed by atoms with Crippen molar-refractivity contribution in [1.29, 1.82) is 0 Å². The van der Waals surface area contributed by atoms with Crippen LogP contribution in [0.15, 0.2) is 36.4 Å². The zero-order valence-corrected chi connectivity index (χ0v) is 17.1. The maximum Gasteiger partial charge on any atom is 0.340 e. The lowest BCUT2D eigenvalue weighted by Gasteiger charge is -2.29. The normalized spacial score (nSPS) is 20.0. The van der Waals surface area contributed by atoms with E-state index in [1.165, 1.54) is 25.2 Å². The van der Waals surface area contributed by atoms with Crippen molar-refractivity contribution in [3.05, 3.63) is 52.5 Å². The number of benzene rings is 2. The minimum Gasteiger partial charge on any atom is -0.495 e. The standard InChI is InChI=1S/C21H19ClN2O6/c1-28-16-10-17(29-2)14(9-13(16)22)23-19(26)15-7-8-18(25)24(15)20-11-5-3-4-6-12(11)21(27)30-20/h3-6,9-10,15,20H,7-8H2,1-2H3,(H,23,26)/t15-,20-/m1/s1. The second-order valence-corrected chi connectivity index (χ2v) is 7.28. The highest BCUT2D eigenvalue weighted by Gasteiger charge is 2.46. The first-order valence-corrected chi connectivity index (χ1v) is 9.66. The Balaban J connectivity index is 1.61. The number of methoxy groups -OCH3 is 2. The Labute approximate surface area is 177 Å². The maximum absolute atomic E-state index is 13.1. The molecule has 2 heterocycles. The third-order valence-electron chi connectivity index (χ3n) is 5.21. The lowest BCUT2D eigenvalue weighted by atomic mass is 10.1. The number of amides is 2. The summed E-state index contributed by atoms with van der Waals surface area (Å²) in [4.78, 5) is 39.2. The summed E-state index contributed by atoms with van der Waals surface area (Å²) in [7, 11) is 2.93. The number of fused-ring (bicyclic) bond motifs is 1. The van der Waals surface area contributed by atoms with Crippen LogP contribution in [0.2, 0.25) is 5.02 Å². The minimum absolute atomic E-state index is 0.175. The Morgan fingerprint density at radius 1 is 1.17 bits per heavy atom. The molecule has 2 aliphatic heterocycles. The van der Waals surface area contributed by atoms with E-state index in [4.69, 9.17) is 25.8 Å². The Bertz CT molecular complexity index is 1040. The van der Waals surface area contributed by atoms with E-state index in [-0.39, 0.29) is 12.3 Å². The van der Waals surface area contributed by atoms with Crippen molar-refractivity contribution in [1.82, 2.24) is 4.90 Å². The summed E-state index contributed by atoms with van der Waals surface area (Å²) in [6, 6.07) is 9.10. The monoisotopic (exact) mass is 430 g/mol. The number of halogens is 1. The summed E-state index contributed by atoms with van der Waals surface area (Å²) in [6.07, 6.45) is -0.456. The number of nitrogens with zero attached hydrogens (tertiary/aromatic N) is 1. The molecular formula is C21H19ClN2O6. The van der Waals surface area contributed by atoms with Crippen LogP contribution in [0.5, 0.6) is 11.5 Å². The quantitative estimate of drug-likeness (QED) is 0.732. The van der Waals surface area contributed by atoms with Crippen LogP contribution < -0.4 is 14.8 Å². The first-order chi connectivity index (χ1) is 14.4. The molecule has 1 N–H and O–H groups in total. The highest BCUT2D eigenvalue weighted by Crippen LogP contribution is 2.40. The molecule has 0 unspecified atom stereocenters. The summed E-state index contributed by atoms with van der Waals surface area (Å²) in [5.74, 6) is -0.444. The third kappa shape index (κ3) is 3.33. The fraction of sp³-hybridized carbons (Fsp3) is 0.286. The van der Waals surface area contributed by atoms with Crippen LogP contribution in [-0.4, -0.2) is 42.9 Å². The number of rotatable bonds is 5. The molecule has 2 aromatic carbocycles. The number of anilines is 1. The average molecular weight is 431 g/mol. The smallest absolute Gasteiger partial charge is 0.340 e. The number of likely N-dealkylation sites (tertiary alicyclic amines) is 1. The molecule has 1 saturated heterocycles. The number of carbonyl (C=O) groups is 3. The number of hydrogen-bond acceptors (Lipinski definition) is 6. The van der Waals surface area contributed by atoms with Gasteiger partial charge in [-0.15, -0.1) is 0 Å². The molecule has 4 rings (SSSR count). The van der Waals surface area contributed by atoms with Crippen molar-refractivity contribution in [2.24, 2.45) is 0 Å². The predicted molar refractivity (Wildman–Crippen MR) is 108 cm³/mol. The second kappa shape index (κ2) is 7.87. The summed E-state index contributed by atoms with van der Waals surface area (Å²) in [6.45, 7) is 0. The molecule has 0 radical (unpaired) electrons. The van der Waals surface area contributed by atoms with Gasteiger partial charge in [-0.1, -0.05) is 29.8 Å². The van der Waals surface area contributed by atoms with Crippen LogP contribution in [0, 0.1) is 0 Å². The van der Waals surface area contributed by atoms with Crippen molar-refractivity contribution in [3.63, 3.8) is 0 Å². The molecule has 0 aliphatic carbocycles. The summed E-state index contributed by atoms with van der Waals surface area (Å²) < 4.78 is 15.9. The van der Waals surface area contributed by atoms with Crippen LogP contribution >= 0.6 is 11.6 Å². The van der Waals surface area contributed by atoms with Gasteiger partial charge in [0.1, 0.15) is 17.5 Å². The van der Waals surface area contributed by atoms with Gasteiger partial charge >= 0.3 is 5.97 Å². The lowest BCUT2D eigenvalue weighted by molar-refractivity contribution is -0.144. The fourth-order valence-electron chi connectivity index (χ4n) is 3.76. The molecule has 1 fully saturated rings. The molecule has 2 amide bonds. The molecule has 156 valence electrons. The van der Waals surface area contributed by atoms with Crippen LogP contribution in [0.3, 0.4) is 0 Å². The van der Waals surface area contributed by atoms with E-state index in [0.29, 0.717) is 39.8 Å². The zero-order valence-electron chi connectivity index (χ0n) is 16.3. The van der Waals surface area contributed by atoms with Gasteiger partial charge < -0.3 is 19.5 Å². The average Bonchev–Trinajstić information content (AvgIpc) is 3.28.